The molecule has 3 aromatic rings. The maximum absolute atomic E-state index is 5.34. The van der Waals surface area contributed by atoms with E-state index in [4.69, 9.17) is 13.7 Å². The lowest BCUT2D eigenvalue weighted by molar-refractivity contribution is 0.122. The van der Waals surface area contributed by atoms with E-state index in [-0.39, 0.29) is 0 Å². The van der Waals surface area contributed by atoms with Crippen molar-refractivity contribution in [1.29, 1.82) is 0 Å². The van der Waals surface area contributed by atoms with Crippen molar-refractivity contribution in [3.05, 3.63) is 24.3 Å². The fourth-order valence-electron chi connectivity index (χ4n) is 2.09. The monoisotopic (exact) mass is 351 g/mol. The van der Waals surface area contributed by atoms with Gasteiger partial charge in [-0.3, -0.25) is 0 Å². The average molecular weight is 351 g/mol. The number of hydrogen-bond acceptors (Lipinski definition) is 10. The highest BCUT2D eigenvalue weighted by Gasteiger charge is 2.17. The third kappa shape index (κ3) is 3.38. The summed E-state index contributed by atoms with van der Waals surface area (Å²) in [7, 11) is 0. The minimum absolute atomic E-state index is 0.455. The van der Waals surface area contributed by atoms with Gasteiger partial charge < -0.3 is 18.6 Å². The van der Waals surface area contributed by atoms with Gasteiger partial charge in [-0.25, -0.2) is 0 Å². The maximum Gasteiger partial charge on any atom is 0.238 e. The summed E-state index contributed by atoms with van der Waals surface area (Å²) in [5.41, 5.74) is 0. The van der Waals surface area contributed by atoms with Gasteiger partial charge in [0.05, 0.1) is 25.2 Å². The summed E-state index contributed by atoms with van der Waals surface area (Å²) < 4.78 is 16.7. The quantitative estimate of drug-likeness (QED) is 0.642. The van der Waals surface area contributed by atoms with Crippen molar-refractivity contribution in [2.45, 2.75) is 10.1 Å². The highest BCUT2D eigenvalue weighted by molar-refractivity contribution is 8.00. The molecule has 23 heavy (non-hydrogen) atoms. The Hall–Kier alpha value is -1.91. The second kappa shape index (κ2) is 6.69. The van der Waals surface area contributed by atoms with Crippen LogP contribution in [0.25, 0.3) is 11.6 Å². The van der Waals surface area contributed by atoms with Crippen LogP contribution in [-0.4, -0.2) is 46.6 Å². The second-order valence-corrected chi connectivity index (χ2v) is 6.91. The Morgan fingerprint density at radius 2 is 2.17 bits per heavy atom. The molecule has 3 aromatic heterocycles. The molecule has 10 heteroatoms. The molecule has 0 unspecified atom stereocenters. The zero-order chi connectivity index (χ0) is 15.5. The molecule has 4 rings (SSSR count). The lowest BCUT2D eigenvalue weighted by Crippen LogP contribution is -2.36. The molecule has 8 nitrogen and oxygen atoms in total. The van der Waals surface area contributed by atoms with Crippen LogP contribution in [0.3, 0.4) is 0 Å². The van der Waals surface area contributed by atoms with Crippen LogP contribution in [0, 0.1) is 0 Å². The summed E-state index contributed by atoms with van der Waals surface area (Å²) in [6.45, 7) is 3.18. The van der Waals surface area contributed by atoms with Gasteiger partial charge in [0.1, 0.15) is 0 Å². The van der Waals surface area contributed by atoms with E-state index in [1.165, 1.54) is 11.8 Å². The normalized spacial score (nSPS) is 15.2. The Morgan fingerprint density at radius 1 is 1.26 bits per heavy atom. The summed E-state index contributed by atoms with van der Waals surface area (Å²) in [4.78, 5) is 6.49. The molecule has 1 aliphatic heterocycles. The SMILES string of the molecule is c1coc(-c2noc(CSc3nnc(N4CCOCC4)s3)n2)c1. The molecule has 0 bridgehead atoms. The van der Waals surface area contributed by atoms with E-state index in [2.05, 4.69) is 25.2 Å². The zero-order valence-corrected chi connectivity index (χ0v) is 13.7. The zero-order valence-electron chi connectivity index (χ0n) is 12.0. The molecule has 4 heterocycles. The number of rotatable bonds is 5. The molecule has 0 radical (unpaired) electrons. The van der Waals surface area contributed by atoms with Crippen molar-refractivity contribution < 1.29 is 13.7 Å². The van der Waals surface area contributed by atoms with E-state index < -0.39 is 0 Å². The van der Waals surface area contributed by atoms with Gasteiger partial charge >= 0.3 is 0 Å². The number of ether oxygens (including phenoxy) is 1. The van der Waals surface area contributed by atoms with Crippen molar-refractivity contribution >= 4 is 28.2 Å². The highest BCUT2D eigenvalue weighted by atomic mass is 32.2. The molecule has 0 aliphatic carbocycles. The van der Waals surface area contributed by atoms with Gasteiger partial charge in [-0.1, -0.05) is 28.3 Å². The fraction of sp³-hybridized carbons (Fsp3) is 0.385. The minimum Gasteiger partial charge on any atom is -0.461 e. The molecule has 120 valence electrons. The summed E-state index contributed by atoms with van der Waals surface area (Å²) >= 11 is 3.10. The predicted molar refractivity (Wildman–Crippen MR) is 84.5 cm³/mol. The van der Waals surface area contributed by atoms with Gasteiger partial charge in [-0.15, -0.1) is 10.2 Å². The first-order valence-electron chi connectivity index (χ1n) is 7.04. The van der Waals surface area contributed by atoms with Crippen LogP contribution in [0.5, 0.6) is 0 Å². The Labute approximate surface area is 139 Å². The molecule has 1 saturated heterocycles. The first-order chi connectivity index (χ1) is 11.4. The van der Waals surface area contributed by atoms with Crippen molar-refractivity contribution in [2.24, 2.45) is 0 Å². The largest absolute Gasteiger partial charge is 0.461 e. The Bertz CT molecular complexity index is 751. The summed E-state index contributed by atoms with van der Waals surface area (Å²) in [6.07, 6.45) is 1.58. The Balaban J connectivity index is 1.37. The number of thioether (sulfide) groups is 1. The van der Waals surface area contributed by atoms with E-state index in [1.807, 2.05) is 0 Å². The van der Waals surface area contributed by atoms with Crippen molar-refractivity contribution in [3.8, 4) is 11.6 Å². The minimum atomic E-state index is 0.455. The molecule has 0 amide bonds. The van der Waals surface area contributed by atoms with Crippen LogP contribution in [0.2, 0.25) is 0 Å². The maximum atomic E-state index is 5.34. The van der Waals surface area contributed by atoms with Crippen LogP contribution in [0.15, 0.2) is 31.7 Å². The third-order valence-corrected chi connectivity index (χ3v) is 5.31. The number of aromatic nitrogens is 4. The van der Waals surface area contributed by atoms with E-state index in [9.17, 15) is 0 Å². The van der Waals surface area contributed by atoms with Crippen LogP contribution < -0.4 is 4.90 Å². The predicted octanol–water partition coefficient (Wildman–Crippen LogP) is 2.31. The Morgan fingerprint density at radius 3 is 3.00 bits per heavy atom. The van der Waals surface area contributed by atoms with Crippen molar-refractivity contribution in [1.82, 2.24) is 20.3 Å². The average Bonchev–Trinajstić information content (AvgIpc) is 3.33. The number of anilines is 1. The molecule has 0 spiro atoms. The smallest absolute Gasteiger partial charge is 0.238 e. The molecular formula is C13H13N5O3S2. The van der Waals surface area contributed by atoms with Gasteiger partial charge in [0.25, 0.3) is 0 Å². The topological polar surface area (TPSA) is 90.3 Å². The van der Waals surface area contributed by atoms with E-state index in [0.29, 0.717) is 23.2 Å². The lowest BCUT2D eigenvalue weighted by atomic mass is 10.4. The van der Waals surface area contributed by atoms with Gasteiger partial charge in [-0.2, -0.15) is 4.98 Å². The summed E-state index contributed by atoms with van der Waals surface area (Å²) in [5.74, 6) is 2.13. The van der Waals surface area contributed by atoms with Crippen LogP contribution in [0.1, 0.15) is 5.89 Å². The van der Waals surface area contributed by atoms with Crippen molar-refractivity contribution in [2.75, 3.05) is 31.2 Å². The molecule has 0 aromatic carbocycles. The number of hydrogen-bond donors (Lipinski definition) is 0. The fourth-order valence-corrected chi connectivity index (χ4v) is 3.82. The third-order valence-electron chi connectivity index (χ3n) is 3.21. The molecular weight excluding hydrogens is 338 g/mol. The number of furan rings is 1. The Kier molecular flexibility index (Phi) is 4.26. The number of morpholine rings is 1. The highest BCUT2D eigenvalue weighted by Crippen LogP contribution is 2.30. The molecule has 0 saturated carbocycles. The standard InChI is InChI=1S/C13H13N5O3S2/c1-2-9(20-5-1)11-14-10(21-17-11)8-22-13-16-15-12(23-13)18-3-6-19-7-4-18/h1-2,5H,3-4,6-8H2. The second-order valence-electron chi connectivity index (χ2n) is 4.73. The molecule has 0 atom stereocenters. The van der Waals surface area contributed by atoms with E-state index >= 15 is 0 Å². The van der Waals surface area contributed by atoms with Crippen molar-refractivity contribution in [3.63, 3.8) is 0 Å². The van der Waals surface area contributed by atoms with Crippen LogP contribution in [0.4, 0.5) is 5.13 Å². The van der Waals surface area contributed by atoms with Gasteiger partial charge in [-0.05, 0) is 12.1 Å². The lowest BCUT2D eigenvalue weighted by Gasteiger charge is -2.25. The molecule has 1 aliphatic rings. The molecule has 0 N–H and O–H groups in total. The van der Waals surface area contributed by atoms with Gasteiger partial charge in [0.15, 0.2) is 10.1 Å². The molecule has 1 fully saturated rings. The van der Waals surface area contributed by atoms with Crippen LogP contribution >= 0.6 is 23.1 Å². The first-order valence-corrected chi connectivity index (χ1v) is 8.84. The first kappa shape index (κ1) is 14.7. The van der Waals surface area contributed by atoms with E-state index in [1.54, 1.807) is 29.7 Å². The van der Waals surface area contributed by atoms with Gasteiger partial charge in [0, 0.05) is 13.1 Å². The van der Waals surface area contributed by atoms with Crippen LogP contribution in [-0.2, 0) is 10.5 Å². The summed E-state index contributed by atoms with van der Waals surface area (Å²) in [5, 5.41) is 13.3. The van der Waals surface area contributed by atoms with E-state index in [0.717, 1.165) is 35.8 Å². The number of nitrogens with zero attached hydrogens (tertiary/aromatic N) is 5. The summed E-state index contributed by atoms with van der Waals surface area (Å²) in [6, 6.07) is 3.58. The van der Waals surface area contributed by atoms with Gasteiger partial charge in [0.2, 0.25) is 16.8 Å².